The van der Waals surface area contributed by atoms with Crippen LogP contribution < -0.4 is 4.74 Å². The van der Waals surface area contributed by atoms with E-state index in [1.807, 2.05) is 6.07 Å². The van der Waals surface area contributed by atoms with E-state index in [4.69, 9.17) is 43.9 Å². The van der Waals surface area contributed by atoms with Crippen LogP contribution in [-0.4, -0.2) is 8.42 Å². The summed E-state index contributed by atoms with van der Waals surface area (Å²) in [5, 5.41) is 9.45. The smallest absolute Gasteiger partial charge is 0.265 e. The van der Waals surface area contributed by atoms with E-state index >= 15 is 0 Å². The van der Waals surface area contributed by atoms with E-state index in [0.717, 1.165) is 6.07 Å². The molecule has 2 rings (SSSR count). The van der Waals surface area contributed by atoms with Crippen molar-refractivity contribution in [3.8, 4) is 17.6 Å². The first-order valence-corrected chi connectivity index (χ1v) is 8.49. The van der Waals surface area contributed by atoms with Gasteiger partial charge in [-0.1, -0.05) is 23.2 Å². The summed E-state index contributed by atoms with van der Waals surface area (Å²) in [5.74, 6) is 0.128. The first-order valence-electron chi connectivity index (χ1n) is 5.43. The summed E-state index contributed by atoms with van der Waals surface area (Å²) in [6.45, 7) is 0. The minimum atomic E-state index is -4.09. The molecule has 4 nitrogen and oxygen atoms in total. The van der Waals surface area contributed by atoms with Crippen LogP contribution in [-0.2, 0) is 9.05 Å². The molecule has 0 fully saturated rings. The van der Waals surface area contributed by atoms with Gasteiger partial charge in [-0.25, -0.2) is 8.42 Å². The molecular formula is C13H6Cl3NO3S. The monoisotopic (exact) mass is 361 g/mol. The molecule has 2 aromatic rings. The predicted molar refractivity (Wildman–Crippen MR) is 80.7 cm³/mol. The van der Waals surface area contributed by atoms with Crippen LogP contribution in [0.15, 0.2) is 41.3 Å². The van der Waals surface area contributed by atoms with Gasteiger partial charge in [0.25, 0.3) is 9.05 Å². The highest BCUT2D eigenvalue weighted by atomic mass is 35.7. The Kier molecular flexibility index (Phi) is 4.64. The fourth-order valence-corrected chi connectivity index (χ4v) is 2.82. The zero-order valence-corrected chi connectivity index (χ0v) is 13.3. The van der Waals surface area contributed by atoms with Gasteiger partial charge in [0.2, 0.25) is 0 Å². The van der Waals surface area contributed by atoms with Gasteiger partial charge in [0, 0.05) is 21.8 Å². The number of benzene rings is 2. The van der Waals surface area contributed by atoms with Crippen LogP contribution in [0.1, 0.15) is 5.56 Å². The first-order chi connectivity index (χ1) is 9.81. The zero-order valence-electron chi connectivity index (χ0n) is 10.2. The van der Waals surface area contributed by atoms with Crippen LogP contribution in [0.5, 0.6) is 11.5 Å². The minimum absolute atomic E-state index is 0.0480. The molecule has 2 aromatic carbocycles. The third-order valence-electron chi connectivity index (χ3n) is 2.45. The van der Waals surface area contributed by atoms with Gasteiger partial charge in [-0.15, -0.1) is 0 Å². The lowest BCUT2D eigenvalue weighted by Crippen LogP contribution is -1.97. The maximum atomic E-state index is 11.6. The molecule has 0 saturated carbocycles. The summed E-state index contributed by atoms with van der Waals surface area (Å²) in [5.41, 5.74) is 0.138. The normalized spacial score (nSPS) is 11.0. The topological polar surface area (TPSA) is 67.2 Å². The Bertz CT molecular complexity index is 844. The number of hydrogen-bond acceptors (Lipinski definition) is 4. The maximum Gasteiger partial charge on any atom is 0.265 e. The van der Waals surface area contributed by atoms with Gasteiger partial charge in [0.15, 0.2) is 0 Å². The van der Waals surface area contributed by atoms with Crippen molar-refractivity contribution in [2.45, 2.75) is 4.90 Å². The maximum absolute atomic E-state index is 11.6. The van der Waals surface area contributed by atoms with Crippen molar-refractivity contribution < 1.29 is 13.2 Å². The molecule has 0 N–H and O–H groups in total. The van der Waals surface area contributed by atoms with Crippen molar-refractivity contribution in [1.82, 2.24) is 0 Å². The van der Waals surface area contributed by atoms with Gasteiger partial charge in [0.1, 0.15) is 16.4 Å². The van der Waals surface area contributed by atoms with Gasteiger partial charge in [-0.2, -0.15) is 5.26 Å². The molecule has 8 heteroatoms. The summed E-state index contributed by atoms with van der Waals surface area (Å²) in [6, 6.07) is 10.2. The van der Waals surface area contributed by atoms with Gasteiger partial charge in [-0.05, 0) is 30.3 Å². The Balaban J connectivity index is 2.55. The molecule has 0 amide bonds. The number of nitrogens with zero attached hydrogens (tertiary/aromatic N) is 1. The lowest BCUT2D eigenvalue weighted by atomic mass is 10.2. The molecule has 0 aliphatic heterocycles. The molecule has 21 heavy (non-hydrogen) atoms. The van der Waals surface area contributed by atoms with Crippen molar-refractivity contribution >= 4 is 42.9 Å². The molecule has 108 valence electrons. The molecular weight excluding hydrogens is 357 g/mol. The number of hydrogen-bond donors (Lipinski definition) is 0. The Labute approximate surface area is 135 Å². The summed E-state index contributed by atoms with van der Waals surface area (Å²) < 4.78 is 28.6. The Morgan fingerprint density at radius 2 is 1.76 bits per heavy atom. The van der Waals surface area contributed by atoms with Crippen LogP contribution in [0, 0.1) is 11.3 Å². The molecule has 0 heterocycles. The SMILES string of the molecule is N#Cc1ccc(Oc2cc(Cl)ccc2Cl)c(S(=O)(=O)Cl)c1. The van der Waals surface area contributed by atoms with E-state index in [0.29, 0.717) is 5.02 Å². The van der Waals surface area contributed by atoms with Crippen LogP contribution >= 0.6 is 33.9 Å². The van der Waals surface area contributed by atoms with Gasteiger partial charge in [0.05, 0.1) is 16.7 Å². The average Bonchev–Trinajstić information content (AvgIpc) is 2.42. The van der Waals surface area contributed by atoms with E-state index < -0.39 is 9.05 Å². The van der Waals surface area contributed by atoms with Crippen molar-refractivity contribution in [2.75, 3.05) is 0 Å². The highest BCUT2D eigenvalue weighted by Crippen LogP contribution is 2.36. The van der Waals surface area contributed by atoms with Crippen LogP contribution in [0.3, 0.4) is 0 Å². The van der Waals surface area contributed by atoms with Gasteiger partial charge >= 0.3 is 0 Å². The van der Waals surface area contributed by atoms with E-state index in [1.165, 1.54) is 24.3 Å². The summed E-state index contributed by atoms with van der Waals surface area (Å²) >= 11 is 11.8. The predicted octanol–water partition coefficient (Wildman–Crippen LogP) is 4.58. The molecule has 0 aliphatic carbocycles. The molecule has 0 radical (unpaired) electrons. The van der Waals surface area contributed by atoms with Gasteiger partial charge < -0.3 is 4.74 Å². The summed E-state index contributed by atoms with van der Waals surface area (Å²) in [4.78, 5) is -0.320. The van der Waals surface area contributed by atoms with Crippen molar-refractivity contribution in [1.29, 1.82) is 5.26 Å². The van der Waals surface area contributed by atoms with E-state index in [2.05, 4.69) is 0 Å². The second-order valence-electron chi connectivity index (χ2n) is 3.89. The quantitative estimate of drug-likeness (QED) is 0.749. The second-order valence-corrected chi connectivity index (χ2v) is 7.27. The molecule has 0 aliphatic rings. The lowest BCUT2D eigenvalue weighted by Gasteiger charge is -2.11. The largest absolute Gasteiger partial charge is 0.454 e. The van der Waals surface area contributed by atoms with Crippen molar-refractivity contribution in [3.63, 3.8) is 0 Å². The molecule has 0 unspecified atom stereocenters. The zero-order chi connectivity index (χ0) is 15.6. The number of rotatable bonds is 3. The lowest BCUT2D eigenvalue weighted by molar-refractivity contribution is 0.468. The number of ether oxygens (including phenoxy) is 1. The Hall–Kier alpha value is -1.45. The van der Waals surface area contributed by atoms with Crippen molar-refractivity contribution in [2.24, 2.45) is 0 Å². The Morgan fingerprint density at radius 1 is 1.05 bits per heavy atom. The van der Waals surface area contributed by atoms with E-state index in [-0.39, 0.29) is 27.0 Å². The summed E-state index contributed by atoms with van der Waals surface area (Å²) in [6.07, 6.45) is 0. The molecule has 0 atom stereocenters. The minimum Gasteiger partial charge on any atom is -0.454 e. The third kappa shape index (κ3) is 3.80. The third-order valence-corrected chi connectivity index (χ3v) is 4.34. The van der Waals surface area contributed by atoms with E-state index in [1.54, 1.807) is 6.07 Å². The molecule has 0 spiro atoms. The molecule has 0 saturated heterocycles. The fourth-order valence-electron chi connectivity index (χ4n) is 1.53. The Morgan fingerprint density at radius 3 is 2.38 bits per heavy atom. The average molecular weight is 363 g/mol. The van der Waals surface area contributed by atoms with Gasteiger partial charge in [-0.3, -0.25) is 0 Å². The summed E-state index contributed by atoms with van der Waals surface area (Å²) in [7, 11) is 1.26. The van der Waals surface area contributed by atoms with Crippen LogP contribution in [0.2, 0.25) is 10.0 Å². The highest BCUT2D eigenvalue weighted by Gasteiger charge is 2.19. The first kappa shape index (κ1) is 15.9. The van der Waals surface area contributed by atoms with E-state index in [9.17, 15) is 8.42 Å². The highest BCUT2D eigenvalue weighted by molar-refractivity contribution is 8.13. The van der Waals surface area contributed by atoms with Crippen LogP contribution in [0.25, 0.3) is 0 Å². The molecule has 0 aromatic heterocycles. The molecule has 0 bridgehead atoms. The second kappa shape index (κ2) is 6.12. The van der Waals surface area contributed by atoms with Crippen LogP contribution in [0.4, 0.5) is 0 Å². The standard InChI is InChI=1S/C13H6Cl3NO3S/c14-9-2-3-10(15)12(6-9)20-11-4-1-8(7-17)5-13(11)21(16,18)19/h1-6H. The number of halogens is 3. The van der Waals surface area contributed by atoms with Crippen molar-refractivity contribution in [3.05, 3.63) is 52.0 Å². The fraction of sp³-hybridized carbons (Fsp3) is 0. The number of nitriles is 1.